The third-order valence-electron chi connectivity index (χ3n) is 4.14. The van der Waals surface area contributed by atoms with Gasteiger partial charge in [-0.3, -0.25) is 4.79 Å². The zero-order valence-corrected chi connectivity index (χ0v) is 17.5. The number of hydrogen-bond donors (Lipinski definition) is 1. The molecule has 156 valence electrons. The molecule has 1 amide bonds. The number of nitrogens with one attached hydrogen (secondary N) is 1. The molecule has 0 bridgehead atoms. The summed E-state index contributed by atoms with van der Waals surface area (Å²) < 4.78 is 16.3. The van der Waals surface area contributed by atoms with E-state index in [4.69, 9.17) is 14.2 Å². The molecule has 2 aromatic rings. The van der Waals surface area contributed by atoms with Gasteiger partial charge in [-0.1, -0.05) is 32.9 Å². The van der Waals surface area contributed by atoms with E-state index in [1.54, 1.807) is 18.2 Å². The molecule has 0 heterocycles. The van der Waals surface area contributed by atoms with Gasteiger partial charge in [-0.2, -0.15) is 0 Å². The Kier molecular flexibility index (Phi) is 8.52. The van der Waals surface area contributed by atoms with Gasteiger partial charge in [0.2, 0.25) is 0 Å². The van der Waals surface area contributed by atoms with Crippen LogP contribution in [0.1, 0.15) is 56.0 Å². The van der Waals surface area contributed by atoms with Crippen molar-refractivity contribution in [2.45, 2.75) is 40.0 Å². The Balaban J connectivity index is 1.93. The van der Waals surface area contributed by atoms with Gasteiger partial charge in [0.15, 0.2) is 18.1 Å². The first kappa shape index (κ1) is 22.3. The summed E-state index contributed by atoms with van der Waals surface area (Å²) in [5.74, 6) is 0.473. The molecule has 6 nitrogen and oxygen atoms in total. The molecule has 0 aromatic heterocycles. The van der Waals surface area contributed by atoms with Crippen LogP contribution in [0.25, 0.3) is 0 Å². The van der Waals surface area contributed by atoms with Crippen LogP contribution in [0.5, 0.6) is 11.5 Å². The van der Waals surface area contributed by atoms with Gasteiger partial charge < -0.3 is 19.5 Å². The molecule has 0 spiro atoms. The van der Waals surface area contributed by atoms with E-state index in [0.29, 0.717) is 41.9 Å². The van der Waals surface area contributed by atoms with Gasteiger partial charge in [-0.15, -0.1) is 0 Å². The van der Waals surface area contributed by atoms with Crippen molar-refractivity contribution in [1.82, 2.24) is 0 Å². The second-order valence-electron chi connectivity index (χ2n) is 6.84. The minimum absolute atomic E-state index is 0.298. The highest BCUT2D eigenvalue weighted by atomic mass is 16.5. The zero-order valence-electron chi connectivity index (χ0n) is 17.5. The van der Waals surface area contributed by atoms with Gasteiger partial charge in [0.05, 0.1) is 18.8 Å². The first-order valence-corrected chi connectivity index (χ1v) is 9.91. The Bertz CT molecular complexity index is 815. The predicted octanol–water partition coefficient (Wildman–Crippen LogP) is 4.79. The molecule has 0 aliphatic heterocycles. The molecule has 0 saturated heterocycles. The minimum atomic E-state index is -0.599. The van der Waals surface area contributed by atoms with E-state index >= 15 is 0 Å². The van der Waals surface area contributed by atoms with E-state index in [1.807, 2.05) is 38.1 Å². The van der Waals surface area contributed by atoms with Crippen LogP contribution in [0.2, 0.25) is 0 Å². The van der Waals surface area contributed by atoms with Gasteiger partial charge in [0, 0.05) is 5.69 Å². The van der Waals surface area contributed by atoms with E-state index in [0.717, 1.165) is 6.42 Å². The lowest BCUT2D eigenvalue weighted by molar-refractivity contribution is -0.119. The predicted molar refractivity (Wildman–Crippen MR) is 113 cm³/mol. The molecule has 0 saturated carbocycles. The van der Waals surface area contributed by atoms with Gasteiger partial charge in [-0.05, 0) is 55.2 Å². The Hall–Kier alpha value is -3.02. The normalized spacial score (nSPS) is 10.5. The summed E-state index contributed by atoms with van der Waals surface area (Å²) >= 11 is 0. The largest absolute Gasteiger partial charge is 0.490 e. The highest BCUT2D eigenvalue weighted by Crippen LogP contribution is 2.29. The summed E-state index contributed by atoms with van der Waals surface area (Å²) in [6, 6.07) is 12.4. The van der Waals surface area contributed by atoms with E-state index in [9.17, 15) is 9.59 Å². The van der Waals surface area contributed by atoms with Crippen molar-refractivity contribution in [2.75, 3.05) is 25.1 Å². The SMILES string of the molecule is CCCOc1ccc(C(=O)OCC(=O)Nc2ccc(C(C)C)cc2)cc1OCC. The number of benzene rings is 2. The lowest BCUT2D eigenvalue weighted by Gasteiger charge is -2.13. The first-order chi connectivity index (χ1) is 13.9. The van der Waals surface area contributed by atoms with Gasteiger partial charge in [-0.25, -0.2) is 4.79 Å². The van der Waals surface area contributed by atoms with E-state index in [1.165, 1.54) is 5.56 Å². The van der Waals surface area contributed by atoms with Crippen molar-refractivity contribution in [2.24, 2.45) is 0 Å². The van der Waals surface area contributed by atoms with Crippen LogP contribution in [0, 0.1) is 0 Å². The number of ether oxygens (including phenoxy) is 3. The summed E-state index contributed by atoms with van der Waals surface area (Å²) in [6.45, 7) is 8.70. The molecule has 0 unspecified atom stereocenters. The number of carbonyl (C=O) groups excluding carboxylic acids is 2. The molecule has 0 aliphatic rings. The molecule has 0 radical (unpaired) electrons. The molecular weight excluding hydrogens is 370 g/mol. The van der Waals surface area contributed by atoms with Crippen molar-refractivity contribution >= 4 is 17.6 Å². The van der Waals surface area contributed by atoms with E-state index in [-0.39, 0.29) is 6.61 Å². The Labute approximate surface area is 172 Å². The second kappa shape index (κ2) is 11.1. The Morgan fingerprint density at radius 3 is 2.31 bits per heavy atom. The summed E-state index contributed by atoms with van der Waals surface area (Å²) in [5, 5.41) is 2.72. The molecule has 0 atom stereocenters. The smallest absolute Gasteiger partial charge is 0.338 e. The Morgan fingerprint density at radius 1 is 0.966 bits per heavy atom. The van der Waals surface area contributed by atoms with Crippen LogP contribution >= 0.6 is 0 Å². The fraction of sp³-hybridized carbons (Fsp3) is 0.391. The maximum Gasteiger partial charge on any atom is 0.338 e. The van der Waals surface area contributed by atoms with Crippen LogP contribution in [0.15, 0.2) is 42.5 Å². The highest BCUT2D eigenvalue weighted by Gasteiger charge is 2.14. The number of carbonyl (C=O) groups is 2. The van der Waals surface area contributed by atoms with Crippen molar-refractivity contribution in [1.29, 1.82) is 0 Å². The number of rotatable bonds is 10. The quantitative estimate of drug-likeness (QED) is 0.581. The third-order valence-corrected chi connectivity index (χ3v) is 4.14. The highest BCUT2D eigenvalue weighted by molar-refractivity contribution is 5.95. The van der Waals surface area contributed by atoms with Crippen molar-refractivity contribution < 1.29 is 23.8 Å². The topological polar surface area (TPSA) is 73.9 Å². The molecule has 2 rings (SSSR count). The van der Waals surface area contributed by atoms with Gasteiger partial charge >= 0.3 is 5.97 Å². The van der Waals surface area contributed by atoms with Crippen LogP contribution in [0.4, 0.5) is 5.69 Å². The zero-order chi connectivity index (χ0) is 21.2. The van der Waals surface area contributed by atoms with Crippen molar-refractivity contribution in [3.8, 4) is 11.5 Å². The first-order valence-electron chi connectivity index (χ1n) is 9.91. The van der Waals surface area contributed by atoms with E-state index in [2.05, 4.69) is 19.2 Å². The molecular formula is C23H29NO5. The van der Waals surface area contributed by atoms with Crippen LogP contribution in [0.3, 0.4) is 0 Å². The van der Waals surface area contributed by atoms with E-state index < -0.39 is 11.9 Å². The number of anilines is 1. The fourth-order valence-electron chi connectivity index (χ4n) is 2.60. The average molecular weight is 399 g/mol. The number of hydrogen-bond acceptors (Lipinski definition) is 5. The molecule has 0 aliphatic carbocycles. The fourth-order valence-corrected chi connectivity index (χ4v) is 2.60. The standard InChI is InChI=1S/C23H29NO5/c1-5-13-28-20-12-9-18(14-21(20)27-6-2)23(26)29-15-22(25)24-19-10-7-17(8-11-19)16(3)4/h7-12,14,16H,5-6,13,15H2,1-4H3,(H,24,25). The molecule has 2 aromatic carbocycles. The molecule has 1 N–H and O–H groups in total. The van der Waals surface area contributed by atoms with Crippen LogP contribution in [-0.4, -0.2) is 31.7 Å². The van der Waals surface area contributed by atoms with Crippen LogP contribution in [-0.2, 0) is 9.53 Å². The molecule has 0 fully saturated rings. The minimum Gasteiger partial charge on any atom is -0.490 e. The summed E-state index contributed by atoms with van der Waals surface area (Å²) in [4.78, 5) is 24.4. The van der Waals surface area contributed by atoms with Gasteiger partial charge in [0.1, 0.15) is 0 Å². The average Bonchev–Trinajstić information content (AvgIpc) is 2.71. The van der Waals surface area contributed by atoms with Crippen LogP contribution < -0.4 is 14.8 Å². The van der Waals surface area contributed by atoms with Crippen molar-refractivity contribution in [3.63, 3.8) is 0 Å². The number of esters is 1. The summed E-state index contributed by atoms with van der Waals surface area (Å²) in [6.07, 6.45) is 0.866. The lowest BCUT2D eigenvalue weighted by atomic mass is 10.0. The second-order valence-corrected chi connectivity index (χ2v) is 6.84. The molecule has 29 heavy (non-hydrogen) atoms. The Morgan fingerprint density at radius 2 is 1.69 bits per heavy atom. The maximum atomic E-state index is 12.3. The third kappa shape index (κ3) is 6.82. The molecule has 6 heteroatoms. The lowest BCUT2D eigenvalue weighted by Crippen LogP contribution is -2.21. The monoisotopic (exact) mass is 399 g/mol. The summed E-state index contributed by atoms with van der Waals surface area (Å²) in [7, 11) is 0. The van der Waals surface area contributed by atoms with Crippen molar-refractivity contribution in [3.05, 3.63) is 53.6 Å². The summed E-state index contributed by atoms with van der Waals surface area (Å²) in [5.41, 5.74) is 2.14. The number of amides is 1. The van der Waals surface area contributed by atoms with Gasteiger partial charge in [0.25, 0.3) is 5.91 Å². The maximum absolute atomic E-state index is 12.3.